The summed E-state index contributed by atoms with van der Waals surface area (Å²) in [7, 11) is 0. The molecular formula is C10H20. The van der Waals surface area contributed by atoms with Crippen molar-refractivity contribution in [3.8, 4) is 0 Å². The summed E-state index contributed by atoms with van der Waals surface area (Å²) in [6, 6.07) is 0. The predicted octanol–water partition coefficient (Wildman–Crippen LogP) is 3.61. The molecule has 2 fully saturated rings. The van der Waals surface area contributed by atoms with Crippen molar-refractivity contribution in [3.05, 3.63) is 0 Å². The Labute approximate surface area is 65.0 Å². The van der Waals surface area contributed by atoms with Crippen LogP contribution in [0.25, 0.3) is 0 Å². The van der Waals surface area contributed by atoms with Crippen molar-refractivity contribution in [2.45, 2.75) is 52.9 Å². The van der Waals surface area contributed by atoms with Gasteiger partial charge < -0.3 is 0 Å². The molecule has 60 valence electrons. The first-order valence-corrected chi connectivity index (χ1v) is 4.83. The van der Waals surface area contributed by atoms with Crippen molar-refractivity contribution >= 4 is 0 Å². The molecule has 0 nitrogen and oxygen atoms in total. The van der Waals surface area contributed by atoms with Crippen LogP contribution in [0.5, 0.6) is 0 Å². The van der Waals surface area contributed by atoms with E-state index >= 15 is 0 Å². The Bertz CT molecular complexity index is 98.6. The molecule has 10 heavy (non-hydrogen) atoms. The zero-order chi connectivity index (χ0) is 7.61. The Balaban J connectivity index is 0.000000231. The van der Waals surface area contributed by atoms with Gasteiger partial charge in [0.05, 0.1) is 0 Å². The van der Waals surface area contributed by atoms with Crippen LogP contribution < -0.4 is 0 Å². The molecule has 2 rings (SSSR count). The lowest BCUT2D eigenvalue weighted by molar-refractivity contribution is 0.486. The van der Waals surface area contributed by atoms with Crippen molar-refractivity contribution in [1.82, 2.24) is 0 Å². The van der Waals surface area contributed by atoms with E-state index < -0.39 is 0 Å². The second-order valence-corrected chi connectivity index (χ2v) is 3.67. The molecule has 2 aliphatic carbocycles. The van der Waals surface area contributed by atoms with Crippen molar-refractivity contribution in [2.75, 3.05) is 0 Å². The molecule has 1 unspecified atom stereocenters. The molecule has 2 saturated carbocycles. The quantitative estimate of drug-likeness (QED) is 0.482. The fourth-order valence-corrected chi connectivity index (χ4v) is 2.33. The summed E-state index contributed by atoms with van der Waals surface area (Å²) in [4.78, 5) is 0. The van der Waals surface area contributed by atoms with Crippen LogP contribution in [-0.4, -0.2) is 0 Å². The Kier molecular flexibility index (Phi) is 2.38. The van der Waals surface area contributed by atoms with Gasteiger partial charge in [0.25, 0.3) is 0 Å². The maximum absolute atomic E-state index is 2.41. The molecule has 0 heteroatoms. The first kappa shape index (κ1) is 8.10. The summed E-state index contributed by atoms with van der Waals surface area (Å²) in [5.41, 5.74) is 0.903. The average molecular weight is 140 g/mol. The topological polar surface area (TPSA) is 0 Å². The van der Waals surface area contributed by atoms with E-state index in [0.717, 1.165) is 11.3 Å². The lowest BCUT2D eigenvalue weighted by Gasteiger charge is -2.01. The Morgan fingerprint density at radius 2 is 1.50 bits per heavy atom. The van der Waals surface area contributed by atoms with E-state index in [1.165, 1.54) is 12.8 Å². The summed E-state index contributed by atoms with van der Waals surface area (Å²) in [5, 5.41) is 0. The molecule has 0 aliphatic heterocycles. The lowest BCUT2D eigenvalue weighted by atomic mass is 10.0. The Hall–Kier alpha value is 0. The van der Waals surface area contributed by atoms with Crippen LogP contribution in [0.3, 0.4) is 0 Å². The van der Waals surface area contributed by atoms with Gasteiger partial charge in [0, 0.05) is 0 Å². The zero-order valence-electron chi connectivity index (χ0n) is 7.61. The highest BCUT2D eigenvalue weighted by Crippen LogP contribution is 2.62. The molecule has 0 aromatic rings. The van der Waals surface area contributed by atoms with Gasteiger partial charge in [-0.2, -0.15) is 0 Å². The highest BCUT2D eigenvalue weighted by atomic mass is 14.6. The number of hydrogen-bond donors (Lipinski definition) is 0. The van der Waals surface area contributed by atoms with Gasteiger partial charge in [-0.05, 0) is 30.6 Å². The van der Waals surface area contributed by atoms with E-state index in [9.17, 15) is 0 Å². The van der Waals surface area contributed by atoms with Gasteiger partial charge in [-0.15, -0.1) is 0 Å². The van der Waals surface area contributed by atoms with Crippen molar-refractivity contribution in [2.24, 2.45) is 11.3 Å². The SMILES string of the molecule is CC.CC1CC12CCCC2. The summed E-state index contributed by atoms with van der Waals surface area (Å²) in [6.07, 6.45) is 7.68. The molecule has 1 spiro atoms. The van der Waals surface area contributed by atoms with Crippen LogP contribution in [0.2, 0.25) is 0 Å². The minimum Gasteiger partial charge on any atom is -0.0683 e. The van der Waals surface area contributed by atoms with Gasteiger partial charge in [0.1, 0.15) is 0 Å². The first-order valence-electron chi connectivity index (χ1n) is 4.83. The van der Waals surface area contributed by atoms with E-state index in [4.69, 9.17) is 0 Å². The first-order chi connectivity index (χ1) is 4.83. The molecular weight excluding hydrogens is 120 g/mol. The van der Waals surface area contributed by atoms with Crippen LogP contribution >= 0.6 is 0 Å². The van der Waals surface area contributed by atoms with Crippen LogP contribution in [0.4, 0.5) is 0 Å². The largest absolute Gasteiger partial charge is 0.0683 e. The van der Waals surface area contributed by atoms with Crippen LogP contribution in [0.1, 0.15) is 52.9 Å². The molecule has 1 atom stereocenters. The summed E-state index contributed by atoms with van der Waals surface area (Å²) in [5.74, 6) is 1.09. The summed E-state index contributed by atoms with van der Waals surface area (Å²) < 4.78 is 0. The lowest BCUT2D eigenvalue weighted by Crippen LogP contribution is -1.92. The maximum Gasteiger partial charge on any atom is -0.0269 e. The van der Waals surface area contributed by atoms with Crippen molar-refractivity contribution in [3.63, 3.8) is 0 Å². The van der Waals surface area contributed by atoms with Gasteiger partial charge in [-0.3, -0.25) is 0 Å². The molecule has 0 aromatic heterocycles. The standard InChI is InChI=1S/C8H14.C2H6/c1-7-6-8(7)4-2-3-5-8;1-2/h7H,2-6H2,1H3;1-2H3. The second-order valence-electron chi connectivity index (χ2n) is 3.67. The van der Waals surface area contributed by atoms with Gasteiger partial charge in [-0.1, -0.05) is 33.6 Å². The van der Waals surface area contributed by atoms with Gasteiger partial charge in [-0.25, -0.2) is 0 Å². The van der Waals surface area contributed by atoms with Gasteiger partial charge in [0.2, 0.25) is 0 Å². The molecule has 0 bridgehead atoms. The second kappa shape index (κ2) is 2.94. The van der Waals surface area contributed by atoms with E-state index in [2.05, 4.69) is 6.92 Å². The summed E-state index contributed by atoms with van der Waals surface area (Å²) in [6.45, 7) is 6.41. The van der Waals surface area contributed by atoms with Crippen molar-refractivity contribution in [1.29, 1.82) is 0 Å². The van der Waals surface area contributed by atoms with Gasteiger partial charge in [0.15, 0.2) is 0 Å². The zero-order valence-corrected chi connectivity index (χ0v) is 7.61. The minimum absolute atomic E-state index is 0.903. The Morgan fingerprint density at radius 1 is 1.10 bits per heavy atom. The monoisotopic (exact) mass is 140 g/mol. The van der Waals surface area contributed by atoms with Crippen LogP contribution in [0, 0.1) is 11.3 Å². The molecule has 0 heterocycles. The summed E-state index contributed by atoms with van der Waals surface area (Å²) >= 11 is 0. The average Bonchev–Trinajstić information content (AvgIpc) is 2.45. The minimum atomic E-state index is 0.903. The van der Waals surface area contributed by atoms with E-state index in [-0.39, 0.29) is 0 Å². The smallest absolute Gasteiger partial charge is 0.0269 e. The third-order valence-corrected chi connectivity index (χ3v) is 3.20. The van der Waals surface area contributed by atoms with Crippen molar-refractivity contribution < 1.29 is 0 Å². The number of rotatable bonds is 0. The highest BCUT2D eigenvalue weighted by Gasteiger charge is 2.51. The third kappa shape index (κ3) is 1.21. The highest BCUT2D eigenvalue weighted by molar-refractivity contribution is 5.02. The molecule has 0 N–H and O–H groups in total. The number of hydrogen-bond acceptors (Lipinski definition) is 0. The van der Waals surface area contributed by atoms with E-state index in [1.54, 1.807) is 19.3 Å². The van der Waals surface area contributed by atoms with E-state index in [1.807, 2.05) is 13.8 Å². The third-order valence-electron chi connectivity index (χ3n) is 3.20. The van der Waals surface area contributed by atoms with Crippen LogP contribution in [0.15, 0.2) is 0 Å². The predicted molar refractivity (Wildman–Crippen MR) is 46.0 cm³/mol. The molecule has 0 amide bonds. The Morgan fingerprint density at radius 3 is 1.70 bits per heavy atom. The van der Waals surface area contributed by atoms with Gasteiger partial charge >= 0.3 is 0 Å². The fraction of sp³-hybridized carbons (Fsp3) is 1.00. The molecule has 0 saturated heterocycles. The maximum atomic E-state index is 2.41. The van der Waals surface area contributed by atoms with Crippen LogP contribution in [-0.2, 0) is 0 Å². The normalized spacial score (nSPS) is 33.3. The molecule has 0 aromatic carbocycles. The molecule has 0 radical (unpaired) electrons. The van der Waals surface area contributed by atoms with E-state index in [0.29, 0.717) is 0 Å². The molecule has 2 aliphatic rings. The fourth-order valence-electron chi connectivity index (χ4n) is 2.33.